The molecule has 0 aliphatic heterocycles. The largest absolute Gasteiger partial charge is 0.383 e. The maximum atomic E-state index is 11.7. The Morgan fingerprint density at radius 1 is 1.33 bits per heavy atom. The van der Waals surface area contributed by atoms with Gasteiger partial charge in [0.25, 0.3) is 5.56 Å². The van der Waals surface area contributed by atoms with E-state index in [4.69, 9.17) is 5.73 Å². The molecule has 0 unspecified atom stereocenters. The number of H-pyrrole nitrogens is 1. The van der Waals surface area contributed by atoms with Gasteiger partial charge in [-0.1, -0.05) is 6.92 Å². The van der Waals surface area contributed by atoms with Crippen LogP contribution in [0.3, 0.4) is 0 Å². The van der Waals surface area contributed by atoms with E-state index in [0.717, 1.165) is 0 Å². The number of rotatable bonds is 6. The highest BCUT2D eigenvalue weighted by molar-refractivity contribution is 5.73. The Morgan fingerprint density at radius 3 is 2.57 bits per heavy atom. The van der Waals surface area contributed by atoms with Crippen LogP contribution in [0.25, 0.3) is 0 Å². The summed E-state index contributed by atoms with van der Waals surface area (Å²) in [5.41, 5.74) is 4.90. The zero-order chi connectivity index (χ0) is 16.0. The lowest BCUT2D eigenvalue weighted by molar-refractivity contribution is 0.218. The second-order valence-electron chi connectivity index (χ2n) is 4.72. The van der Waals surface area contributed by atoms with Crippen molar-refractivity contribution in [3.05, 3.63) is 20.8 Å². The molecule has 0 saturated carbocycles. The molecule has 0 fully saturated rings. The van der Waals surface area contributed by atoms with Gasteiger partial charge >= 0.3 is 11.7 Å². The molecule has 1 aromatic rings. The van der Waals surface area contributed by atoms with E-state index in [1.165, 1.54) is 9.47 Å². The quantitative estimate of drug-likeness (QED) is 0.512. The van der Waals surface area contributed by atoms with Gasteiger partial charge < -0.3 is 21.3 Å². The van der Waals surface area contributed by atoms with Crippen LogP contribution in [-0.4, -0.2) is 47.7 Å². The molecule has 1 heterocycles. The molecule has 0 atom stereocenters. The van der Waals surface area contributed by atoms with E-state index in [1.54, 1.807) is 14.1 Å². The van der Waals surface area contributed by atoms with Crippen molar-refractivity contribution in [2.75, 3.05) is 38.2 Å². The minimum Gasteiger partial charge on any atom is -0.383 e. The fraction of sp³-hybridized carbons (Fsp3) is 0.583. The number of nitrogen functional groups attached to an aromatic ring is 1. The summed E-state index contributed by atoms with van der Waals surface area (Å²) in [7, 11) is 3.26. The summed E-state index contributed by atoms with van der Waals surface area (Å²) in [5.74, 6) is 0.101. The van der Waals surface area contributed by atoms with Crippen LogP contribution >= 0.6 is 0 Å². The molecular formula is C12H22N6O3. The fourth-order valence-electron chi connectivity index (χ4n) is 1.72. The van der Waals surface area contributed by atoms with Crippen LogP contribution in [0.4, 0.5) is 16.3 Å². The van der Waals surface area contributed by atoms with Crippen LogP contribution in [0.1, 0.15) is 13.3 Å². The highest BCUT2D eigenvalue weighted by Gasteiger charge is 2.11. The number of nitrogens with two attached hydrogens (primary N) is 1. The Bertz CT molecular complexity index is 604. The smallest absolute Gasteiger partial charge is 0.330 e. The SMILES string of the molecule is CCCn1c(N)c(NCCNC(=O)N(C)C)c(=O)[nH]c1=O. The molecule has 0 spiro atoms. The Morgan fingerprint density at radius 2 is 2.00 bits per heavy atom. The topological polar surface area (TPSA) is 125 Å². The van der Waals surface area contributed by atoms with Crippen molar-refractivity contribution in [3.8, 4) is 0 Å². The van der Waals surface area contributed by atoms with Gasteiger partial charge in [0.05, 0.1) is 0 Å². The highest BCUT2D eigenvalue weighted by atomic mass is 16.2. The zero-order valence-electron chi connectivity index (χ0n) is 12.5. The lowest BCUT2D eigenvalue weighted by Gasteiger charge is -2.14. The summed E-state index contributed by atoms with van der Waals surface area (Å²) >= 11 is 0. The molecule has 1 aromatic heterocycles. The number of nitrogens with one attached hydrogen (secondary N) is 3. The average molecular weight is 298 g/mol. The highest BCUT2D eigenvalue weighted by Crippen LogP contribution is 2.09. The third-order valence-corrected chi connectivity index (χ3v) is 2.80. The van der Waals surface area contributed by atoms with Crippen molar-refractivity contribution in [1.82, 2.24) is 19.8 Å². The molecule has 0 radical (unpaired) electrons. The van der Waals surface area contributed by atoms with Gasteiger partial charge in [-0.25, -0.2) is 9.59 Å². The predicted molar refractivity (Wildman–Crippen MR) is 81.6 cm³/mol. The van der Waals surface area contributed by atoms with Crippen LogP contribution < -0.4 is 27.6 Å². The number of urea groups is 1. The molecule has 0 aromatic carbocycles. The Kier molecular flexibility index (Phi) is 5.82. The molecular weight excluding hydrogens is 276 g/mol. The van der Waals surface area contributed by atoms with Gasteiger partial charge in [-0.3, -0.25) is 14.3 Å². The second-order valence-corrected chi connectivity index (χ2v) is 4.72. The van der Waals surface area contributed by atoms with E-state index in [2.05, 4.69) is 15.6 Å². The number of carbonyl (C=O) groups is 1. The molecule has 0 aliphatic carbocycles. The van der Waals surface area contributed by atoms with Gasteiger partial charge in [-0.05, 0) is 6.42 Å². The maximum absolute atomic E-state index is 11.7. The monoisotopic (exact) mass is 298 g/mol. The fourth-order valence-corrected chi connectivity index (χ4v) is 1.72. The van der Waals surface area contributed by atoms with Crippen LogP contribution in [0.5, 0.6) is 0 Å². The summed E-state index contributed by atoms with van der Waals surface area (Å²) in [6.07, 6.45) is 0.717. The van der Waals surface area contributed by atoms with Crippen molar-refractivity contribution in [2.24, 2.45) is 0 Å². The molecule has 118 valence electrons. The van der Waals surface area contributed by atoms with Crippen molar-refractivity contribution in [2.45, 2.75) is 19.9 Å². The minimum absolute atomic E-state index is 0.101. The van der Waals surface area contributed by atoms with Gasteiger partial charge in [-0.2, -0.15) is 0 Å². The first-order valence-corrected chi connectivity index (χ1v) is 6.70. The molecule has 5 N–H and O–H groups in total. The van der Waals surface area contributed by atoms with E-state index >= 15 is 0 Å². The Hall–Kier alpha value is -2.45. The molecule has 2 amide bonds. The van der Waals surface area contributed by atoms with Gasteiger partial charge in [0, 0.05) is 33.7 Å². The maximum Gasteiger partial charge on any atom is 0.330 e. The van der Waals surface area contributed by atoms with Gasteiger partial charge in [0.15, 0.2) is 0 Å². The molecule has 1 rings (SSSR count). The average Bonchev–Trinajstić information content (AvgIpc) is 2.41. The number of hydrogen-bond donors (Lipinski definition) is 4. The summed E-state index contributed by atoms with van der Waals surface area (Å²) in [5, 5.41) is 5.49. The number of carbonyl (C=O) groups excluding carboxylic acids is 1. The normalized spacial score (nSPS) is 10.2. The molecule has 9 nitrogen and oxygen atoms in total. The standard InChI is InChI=1S/C12H22N6O3/c1-4-7-18-9(13)8(10(19)16-12(18)21)14-5-6-15-11(20)17(2)3/h14H,4-7,13H2,1-3H3,(H,15,20)(H,16,19,21). The first-order chi connectivity index (χ1) is 9.88. The van der Waals surface area contributed by atoms with Crippen molar-refractivity contribution in [3.63, 3.8) is 0 Å². The number of hydrogen-bond acceptors (Lipinski definition) is 5. The van der Waals surface area contributed by atoms with E-state index < -0.39 is 11.2 Å². The lowest BCUT2D eigenvalue weighted by Crippen LogP contribution is -2.38. The summed E-state index contributed by atoms with van der Waals surface area (Å²) in [4.78, 5) is 38.3. The van der Waals surface area contributed by atoms with E-state index in [0.29, 0.717) is 26.1 Å². The number of nitrogens with zero attached hydrogens (tertiary/aromatic N) is 2. The van der Waals surface area contributed by atoms with Crippen LogP contribution in [0.2, 0.25) is 0 Å². The Labute approximate surface area is 122 Å². The minimum atomic E-state index is -0.566. The third-order valence-electron chi connectivity index (χ3n) is 2.80. The van der Waals surface area contributed by atoms with Crippen molar-refractivity contribution < 1.29 is 4.79 Å². The van der Waals surface area contributed by atoms with Crippen LogP contribution in [0.15, 0.2) is 9.59 Å². The second kappa shape index (κ2) is 7.36. The third kappa shape index (κ3) is 4.26. The molecule has 0 aliphatic rings. The zero-order valence-corrected chi connectivity index (χ0v) is 12.5. The summed E-state index contributed by atoms with van der Waals surface area (Å²) in [6.45, 7) is 2.97. The van der Waals surface area contributed by atoms with E-state index in [-0.39, 0.29) is 17.5 Å². The molecule has 0 saturated heterocycles. The predicted octanol–water partition coefficient (Wildman–Crippen LogP) is -0.788. The summed E-state index contributed by atoms with van der Waals surface area (Å²) < 4.78 is 1.31. The lowest BCUT2D eigenvalue weighted by atomic mass is 10.4. The first kappa shape index (κ1) is 16.6. The van der Waals surface area contributed by atoms with Gasteiger partial charge in [0.1, 0.15) is 11.5 Å². The number of aromatic amines is 1. The number of aromatic nitrogens is 2. The van der Waals surface area contributed by atoms with Gasteiger partial charge in [-0.15, -0.1) is 0 Å². The number of amides is 2. The van der Waals surface area contributed by atoms with Crippen LogP contribution in [0, 0.1) is 0 Å². The Balaban J connectivity index is 2.75. The first-order valence-electron chi connectivity index (χ1n) is 6.70. The molecule has 0 bridgehead atoms. The van der Waals surface area contributed by atoms with E-state index in [1.807, 2.05) is 6.92 Å². The summed E-state index contributed by atoms with van der Waals surface area (Å²) in [6, 6.07) is -0.227. The van der Waals surface area contributed by atoms with Crippen molar-refractivity contribution in [1.29, 1.82) is 0 Å². The van der Waals surface area contributed by atoms with Crippen LogP contribution in [-0.2, 0) is 6.54 Å². The van der Waals surface area contributed by atoms with Gasteiger partial charge in [0.2, 0.25) is 0 Å². The molecule has 21 heavy (non-hydrogen) atoms. The van der Waals surface area contributed by atoms with Crippen molar-refractivity contribution >= 4 is 17.5 Å². The molecule has 9 heteroatoms. The number of anilines is 2. The van der Waals surface area contributed by atoms with E-state index in [9.17, 15) is 14.4 Å².